The van der Waals surface area contributed by atoms with Gasteiger partial charge in [-0.25, -0.2) is 26.0 Å². The van der Waals surface area contributed by atoms with Crippen LogP contribution >= 0.6 is 0 Å². The van der Waals surface area contributed by atoms with E-state index in [1.807, 2.05) is 6.92 Å². The SMILES string of the molecule is COC(=O)c1ccc(CS(=O)(=O)c2oc(-c3ccc(C)cc3)nc2S(=O)(=O)c2ccc(F)cc2)cc1. The number of carbonyl (C=O) groups is 1. The minimum Gasteiger partial charge on any atom is -0.465 e. The third-order valence-corrected chi connectivity index (χ3v) is 8.62. The molecule has 0 N–H and O–H groups in total. The number of rotatable bonds is 7. The number of hydrogen-bond donors (Lipinski definition) is 0. The summed E-state index contributed by atoms with van der Waals surface area (Å²) in [5.74, 6) is -2.06. The predicted octanol–water partition coefficient (Wildman–Crippen LogP) is 4.38. The van der Waals surface area contributed by atoms with Crippen molar-refractivity contribution in [3.05, 3.63) is 95.3 Å². The fourth-order valence-corrected chi connectivity index (χ4v) is 6.52. The van der Waals surface area contributed by atoms with Gasteiger partial charge in [0.05, 0.1) is 23.3 Å². The number of halogens is 1. The second-order valence-electron chi connectivity index (χ2n) is 7.88. The summed E-state index contributed by atoms with van der Waals surface area (Å²) in [6.45, 7) is 1.85. The Morgan fingerprint density at radius 2 is 1.53 bits per heavy atom. The zero-order valence-electron chi connectivity index (χ0n) is 19.1. The summed E-state index contributed by atoms with van der Waals surface area (Å²) in [7, 11) is -7.64. The third kappa shape index (κ3) is 5.07. The number of aromatic nitrogens is 1. The van der Waals surface area contributed by atoms with Crippen LogP contribution in [0.15, 0.2) is 92.2 Å². The Morgan fingerprint density at radius 3 is 2.11 bits per heavy atom. The van der Waals surface area contributed by atoms with Crippen LogP contribution in [0.4, 0.5) is 4.39 Å². The van der Waals surface area contributed by atoms with E-state index in [2.05, 4.69) is 9.72 Å². The number of hydrogen-bond acceptors (Lipinski definition) is 8. The van der Waals surface area contributed by atoms with Gasteiger partial charge in [0.2, 0.25) is 30.6 Å². The minimum atomic E-state index is -4.49. The number of methoxy groups -OCH3 is 1. The molecular formula is C25H20FNO7S2. The Bertz CT molecular complexity index is 1620. The van der Waals surface area contributed by atoms with Crippen LogP contribution in [0.5, 0.6) is 0 Å². The van der Waals surface area contributed by atoms with Crippen molar-refractivity contribution in [2.24, 2.45) is 0 Å². The van der Waals surface area contributed by atoms with Crippen molar-refractivity contribution in [3.8, 4) is 11.5 Å². The Labute approximate surface area is 207 Å². The number of esters is 1. The van der Waals surface area contributed by atoms with Crippen molar-refractivity contribution in [1.29, 1.82) is 0 Å². The van der Waals surface area contributed by atoms with Crippen molar-refractivity contribution < 1.29 is 35.2 Å². The van der Waals surface area contributed by atoms with Gasteiger partial charge in [0, 0.05) is 5.56 Å². The van der Waals surface area contributed by atoms with Crippen LogP contribution in [0.25, 0.3) is 11.5 Å². The molecule has 1 heterocycles. The molecule has 186 valence electrons. The number of sulfone groups is 2. The fourth-order valence-electron chi connectivity index (χ4n) is 3.34. The van der Waals surface area contributed by atoms with Crippen LogP contribution in [-0.4, -0.2) is 34.9 Å². The first-order valence-corrected chi connectivity index (χ1v) is 13.6. The summed E-state index contributed by atoms with van der Waals surface area (Å²) in [6, 6.07) is 16.3. The molecule has 8 nitrogen and oxygen atoms in total. The molecule has 0 aliphatic carbocycles. The standard InChI is InChI=1S/C25H20FNO7S2/c1-16-3-7-18(8-4-16)22-27-23(36(31,32)21-13-11-20(26)12-14-21)25(34-22)35(29,30)15-17-5-9-19(10-6-17)24(28)33-2/h3-14H,15H2,1-2H3. The lowest BCUT2D eigenvalue weighted by Crippen LogP contribution is -2.11. The number of ether oxygens (including phenoxy) is 1. The number of aryl methyl sites for hydroxylation is 1. The lowest BCUT2D eigenvalue weighted by atomic mass is 10.1. The molecule has 0 saturated carbocycles. The van der Waals surface area contributed by atoms with Gasteiger partial charge in [-0.15, -0.1) is 0 Å². The Balaban J connectivity index is 1.82. The maximum atomic E-state index is 13.4. The van der Waals surface area contributed by atoms with Crippen molar-refractivity contribution in [1.82, 2.24) is 4.98 Å². The van der Waals surface area contributed by atoms with Crippen molar-refractivity contribution >= 4 is 25.6 Å². The van der Waals surface area contributed by atoms with Crippen LogP contribution in [0, 0.1) is 12.7 Å². The van der Waals surface area contributed by atoms with Gasteiger partial charge in [-0.05, 0) is 61.0 Å². The first-order valence-electron chi connectivity index (χ1n) is 10.5. The molecular weight excluding hydrogens is 509 g/mol. The van der Waals surface area contributed by atoms with Gasteiger partial charge in [-0.2, -0.15) is 4.98 Å². The third-order valence-electron chi connectivity index (χ3n) is 5.26. The molecule has 4 aromatic rings. The van der Waals surface area contributed by atoms with Gasteiger partial charge < -0.3 is 9.15 Å². The number of benzene rings is 3. The van der Waals surface area contributed by atoms with E-state index < -0.39 is 47.3 Å². The molecule has 0 spiro atoms. The summed E-state index contributed by atoms with van der Waals surface area (Å²) in [6.07, 6.45) is 0. The highest BCUT2D eigenvalue weighted by Gasteiger charge is 2.35. The number of oxazole rings is 1. The van der Waals surface area contributed by atoms with E-state index in [1.54, 1.807) is 24.3 Å². The minimum absolute atomic E-state index is 0.199. The molecule has 11 heteroatoms. The van der Waals surface area contributed by atoms with Crippen LogP contribution < -0.4 is 0 Å². The Morgan fingerprint density at radius 1 is 0.917 bits per heavy atom. The van der Waals surface area contributed by atoms with E-state index in [0.29, 0.717) is 5.56 Å². The normalized spacial score (nSPS) is 11.9. The van der Waals surface area contributed by atoms with E-state index >= 15 is 0 Å². The highest BCUT2D eigenvalue weighted by molar-refractivity contribution is 7.94. The zero-order valence-corrected chi connectivity index (χ0v) is 20.8. The largest absolute Gasteiger partial charge is 0.465 e. The lowest BCUT2D eigenvalue weighted by molar-refractivity contribution is 0.0600. The van der Waals surface area contributed by atoms with E-state index in [0.717, 1.165) is 29.8 Å². The fraction of sp³-hybridized carbons (Fsp3) is 0.120. The molecule has 0 fully saturated rings. The smallest absolute Gasteiger partial charge is 0.337 e. The highest BCUT2D eigenvalue weighted by atomic mass is 32.2. The first-order chi connectivity index (χ1) is 17.0. The maximum absolute atomic E-state index is 13.4. The molecule has 0 aliphatic heterocycles. The van der Waals surface area contributed by atoms with Crippen molar-refractivity contribution in [2.45, 2.75) is 27.7 Å². The maximum Gasteiger partial charge on any atom is 0.337 e. The van der Waals surface area contributed by atoms with E-state index in [-0.39, 0.29) is 21.9 Å². The molecule has 0 bridgehead atoms. The van der Waals surface area contributed by atoms with Crippen molar-refractivity contribution in [2.75, 3.05) is 7.11 Å². The molecule has 0 aliphatic rings. The average Bonchev–Trinajstić information content (AvgIpc) is 3.32. The first kappa shape index (κ1) is 25.3. The van der Waals surface area contributed by atoms with E-state index in [4.69, 9.17) is 4.42 Å². The summed E-state index contributed by atoms with van der Waals surface area (Å²) in [5, 5.41) is -1.63. The van der Waals surface area contributed by atoms with E-state index in [1.165, 1.54) is 31.4 Å². The number of carbonyl (C=O) groups excluding carboxylic acids is 1. The van der Waals surface area contributed by atoms with Gasteiger partial charge in [0.15, 0.2) is 0 Å². The summed E-state index contributed by atoms with van der Waals surface area (Å²) in [5.41, 5.74) is 1.80. The topological polar surface area (TPSA) is 121 Å². The van der Waals surface area contributed by atoms with Gasteiger partial charge in [0.25, 0.3) is 5.09 Å². The van der Waals surface area contributed by atoms with Crippen molar-refractivity contribution in [3.63, 3.8) is 0 Å². The molecule has 0 saturated heterocycles. The van der Waals surface area contributed by atoms with Gasteiger partial charge >= 0.3 is 5.97 Å². The average molecular weight is 530 g/mol. The van der Waals surface area contributed by atoms with E-state index in [9.17, 15) is 26.0 Å². The second-order valence-corrected chi connectivity index (χ2v) is 11.6. The monoisotopic (exact) mass is 529 g/mol. The Hall–Kier alpha value is -3.83. The van der Waals surface area contributed by atoms with Crippen LogP contribution in [0.1, 0.15) is 21.5 Å². The molecule has 4 rings (SSSR count). The lowest BCUT2D eigenvalue weighted by Gasteiger charge is -2.06. The predicted molar refractivity (Wildman–Crippen MR) is 127 cm³/mol. The molecule has 3 aromatic carbocycles. The summed E-state index contributed by atoms with van der Waals surface area (Å²) < 4.78 is 77.1. The highest BCUT2D eigenvalue weighted by Crippen LogP contribution is 2.33. The summed E-state index contributed by atoms with van der Waals surface area (Å²) in [4.78, 5) is 15.4. The van der Waals surface area contributed by atoms with Crippen LogP contribution in [0.3, 0.4) is 0 Å². The quantitative estimate of drug-likeness (QED) is 0.255. The second kappa shape index (κ2) is 9.67. The molecule has 36 heavy (non-hydrogen) atoms. The zero-order chi connectivity index (χ0) is 26.1. The molecule has 0 atom stereocenters. The molecule has 0 amide bonds. The molecule has 0 radical (unpaired) electrons. The summed E-state index contributed by atoms with van der Waals surface area (Å²) >= 11 is 0. The van der Waals surface area contributed by atoms with Crippen LogP contribution in [-0.2, 0) is 30.2 Å². The molecule has 1 aromatic heterocycles. The van der Waals surface area contributed by atoms with Gasteiger partial charge in [-0.3, -0.25) is 0 Å². The van der Waals surface area contributed by atoms with Crippen LogP contribution in [0.2, 0.25) is 0 Å². The number of nitrogens with zero attached hydrogens (tertiary/aromatic N) is 1. The molecule has 0 unspecified atom stereocenters. The van der Waals surface area contributed by atoms with Gasteiger partial charge in [-0.1, -0.05) is 29.8 Å². The van der Waals surface area contributed by atoms with Gasteiger partial charge in [0.1, 0.15) is 5.82 Å². The Kier molecular flexibility index (Phi) is 6.79.